The molecule has 2 atom stereocenters. The maximum Gasteiger partial charge on any atom is 0.107 e. The van der Waals surface area contributed by atoms with E-state index in [0.29, 0.717) is 16.3 Å². The fourth-order valence-corrected chi connectivity index (χ4v) is 1.93. The molecule has 0 aliphatic carbocycles. The van der Waals surface area contributed by atoms with E-state index >= 15 is 0 Å². The Kier molecular flexibility index (Phi) is 3.53. The molecule has 0 fully saturated rings. The smallest absolute Gasteiger partial charge is 0.107 e. The van der Waals surface area contributed by atoms with Crippen LogP contribution in [0.5, 0.6) is 0 Å². The molecule has 68 valence electrons. The third kappa shape index (κ3) is 1.98. The van der Waals surface area contributed by atoms with Crippen LogP contribution in [0.15, 0.2) is 11.4 Å². The largest absolute Gasteiger partial charge is 0.390 e. The van der Waals surface area contributed by atoms with Gasteiger partial charge in [0.15, 0.2) is 0 Å². The standard InChI is InChI=1S/C8H11ClO2S/c1-2-6(10)7(11)5-3-4-12-8(5)9/h3-4,6-7,10-11H,2H2,1H3. The van der Waals surface area contributed by atoms with Gasteiger partial charge in [0, 0.05) is 5.56 Å². The van der Waals surface area contributed by atoms with E-state index in [-0.39, 0.29) is 0 Å². The Morgan fingerprint density at radius 3 is 2.67 bits per heavy atom. The Hall–Kier alpha value is -0.0900. The summed E-state index contributed by atoms with van der Waals surface area (Å²) in [7, 11) is 0. The van der Waals surface area contributed by atoms with E-state index in [0.717, 1.165) is 0 Å². The lowest BCUT2D eigenvalue weighted by Gasteiger charge is -2.14. The molecule has 2 N–H and O–H groups in total. The molecule has 1 rings (SSSR count). The third-order valence-corrected chi connectivity index (χ3v) is 2.95. The van der Waals surface area contributed by atoms with Crippen LogP contribution in [0.25, 0.3) is 0 Å². The third-order valence-electron chi connectivity index (χ3n) is 1.75. The molecule has 0 radical (unpaired) electrons. The van der Waals surface area contributed by atoms with Crippen LogP contribution in [-0.2, 0) is 0 Å². The van der Waals surface area contributed by atoms with Crippen LogP contribution < -0.4 is 0 Å². The van der Waals surface area contributed by atoms with Crippen LogP contribution in [0, 0.1) is 0 Å². The van der Waals surface area contributed by atoms with Crippen LogP contribution >= 0.6 is 22.9 Å². The molecule has 0 aromatic carbocycles. The van der Waals surface area contributed by atoms with Gasteiger partial charge >= 0.3 is 0 Å². The lowest BCUT2D eigenvalue weighted by Crippen LogP contribution is -2.16. The molecule has 1 heterocycles. The summed E-state index contributed by atoms with van der Waals surface area (Å²) in [5.41, 5.74) is 0.621. The van der Waals surface area contributed by atoms with E-state index in [4.69, 9.17) is 11.6 Å². The summed E-state index contributed by atoms with van der Waals surface area (Å²) in [6.45, 7) is 1.81. The maximum atomic E-state index is 9.53. The first-order valence-corrected chi connectivity index (χ1v) is 5.01. The zero-order valence-corrected chi connectivity index (χ0v) is 8.27. The van der Waals surface area contributed by atoms with Gasteiger partial charge in [-0.15, -0.1) is 11.3 Å². The highest BCUT2D eigenvalue weighted by Crippen LogP contribution is 2.30. The molecule has 0 aliphatic heterocycles. The van der Waals surface area contributed by atoms with Crippen molar-refractivity contribution < 1.29 is 10.2 Å². The molecular weight excluding hydrogens is 196 g/mol. The van der Waals surface area contributed by atoms with Gasteiger partial charge in [-0.1, -0.05) is 18.5 Å². The molecule has 0 bridgehead atoms. The van der Waals surface area contributed by atoms with Crippen LogP contribution in [0.3, 0.4) is 0 Å². The van der Waals surface area contributed by atoms with Crippen molar-refractivity contribution in [2.24, 2.45) is 0 Å². The minimum Gasteiger partial charge on any atom is -0.390 e. The first kappa shape index (κ1) is 9.99. The summed E-state index contributed by atoms with van der Waals surface area (Å²) in [5, 5.41) is 20.6. The zero-order chi connectivity index (χ0) is 9.14. The first-order valence-electron chi connectivity index (χ1n) is 3.75. The van der Waals surface area contributed by atoms with E-state index in [2.05, 4.69) is 0 Å². The second-order valence-electron chi connectivity index (χ2n) is 2.57. The van der Waals surface area contributed by atoms with Gasteiger partial charge in [0.2, 0.25) is 0 Å². The normalized spacial score (nSPS) is 16.0. The highest BCUT2D eigenvalue weighted by molar-refractivity contribution is 7.14. The van der Waals surface area contributed by atoms with Gasteiger partial charge in [-0.25, -0.2) is 0 Å². The van der Waals surface area contributed by atoms with Crippen molar-refractivity contribution in [3.8, 4) is 0 Å². The van der Waals surface area contributed by atoms with Crippen molar-refractivity contribution in [1.82, 2.24) is 0 Å². The van der Waals surface area contributed by atoms with Crippen molar-refractivity contribution in [2.45, 2.75) is 25.6 Å². The number of halogens is 1. The Bertz CT molecular complexity index is 249. The van der Waals surface area contributed by atoms with E-state index < -0.39 is 12.2 Å². The summed E-state index contributed by atoms with van der Waals surface area (Å²) in [5.74, 6) is 0. The summed E-state index contributed by atoms with van der Waals surface area (Å²) in [6, 6.07) is 1.73. The van der Waals surface area contributed by atoms with Crippen LogP contribution in [0.1, 0.15) is 25.0 Å². The van der Waals surface area contributed by atoms with Crippen molar-refractivity contribution >= 4 is 22.9 Å². The molecule has 2 nitrogen and oxygen atoms in total. The molecule has 0 saturated carbocycles. The van der Waals surface area contributed by atoms with Gasteiger partial charge in [-0.3, -0.25) is 0 Å². The first-order chi connectivity index (χ1) is 5.66. The van der Waals surface area contributed by atoms with E-state index in [9.17, 15) is 10.2 Å². The number of aliphatic hydroxyl groups excluding tert-OH is 2. The molecule has 2 unspecified atom stereocenters. The molecule has 1 aromatic heterocycles. The van der Waals surface area contributed by atoms with Gasteiger partial charge in [0.25, 0.3) is 0 Å². The Labute approximate surface area is 80.4 Å². The molecule has 0 spiro atoms. The zero-order valence-electron chi connectivity index (χ0n) is 6.70. The molecule has 0 saturated heterocycles. The van der Waals surface area contributed by atoms with E-state index in [1.165, 1.54) is 11.3 Å². The van der Waals surface area contributed by atoms with Gasteiger partial charge in [0.1, 0.15) is 6.10 Å². The minimum atomic E-state index is -0.853. The SMILES string of the molecule is CCC(O)C(O)c1ccsc1Cl. The quantitative estimate of drug-likeness (QED) is 0.796. The predicted octanol–water partition coefficient (Wildman–Crippen LogP) is 2.21. The molecule has 0 amide bonds. The topological polar surface area (TPSA) is 40.5 Å². The average Bonchev–Trinajstić information content (AvgIpc) is 2.48. The maximum absolute atomic E-state index is 9.53. The highest BCUT2D eigenvalue weighted by Gasteiger charge is 2.19. The predicted molar refractivity (Wildman–Crippen MR) is 50.6 cm³/mol. The lowest BCUT2D eigenvalue weighted by atomic mass is 10.1. The second-order valence-corrected chi connectivity index (χ2v) is 4.09. The fraction of sp³-hybridized carbons (Fsp3) is 0.500. The second kappa shape index (κ2) is 4.23. The molecular formula is C8H11ClO2S. The summed E-state index contributed by atoms with van der Waals surface area (Å²) < 4.78 is 0.551. The van der Waals surface area contributed by atoms with E-state index in [1.807, 2.05) is 6.92 Å². The Balaban J connectivity index is 2.77. The monoisotopic (exact) mass is 206 g/mol. The minimum absolute atomic E-state index is 0.521. The van der Waals surface area contributed by atoms with E-state index in [1.54, 1.807) is 11.4 Å². The Morgan fingerprint density at radius 1 is 1.58 bits per heavy atom. The number of hydrogen-bond donors (Lipinski definition) is 2. The number of thiophene rings is 1. The van der Waals surface area contributed by atoms with Crippen LogP contribution in [0.2, 0.25) is 4.34 Å². The molecule has 4 heteroatoms. The highest BCUT2D eigenvalue weighted by atomic mass is 35.5. The van der Waals surface area contributed by atoms with Crippen LogP contribution in [0.4, 0.5) is 0 Å². The van der Waals surface area contributed by atoms with Crippen molar-refractivity contribution in [3.63, 3.8) is 0 Å². The van der Waals surface area contributed by atoms with Gasteiger partial charge in [-0.2, -0.15) is 0 Å². The molecule has 1 aromatic rings. The lowest BCUT2D eigenvalue weighted by molar-refractivity contribution is 0.0168. The average molecular weight is 207 g/mol. The summed E-state index contributed by atoms with van der Waals surface area (Å²) in [4.78, 5) is 0. The number of hydrogen-bond acceptors (Lipinski definition) is 3. The Morgan fingerprint density at radius 2 is 2.25 bits per heavy atom. The number of rotatable bonds is 3. The fourth-order valence-electron chi connectivity index (χ4n) is 0.946. The van der Waals surface area contributed by atoms with Crippen molar-refractivity contribution in [1.29, 1.82) is 0 Å². The number of aliphatic hydroxyl groups is 2. The van der Waals surface area contributed by atoms with Crippen molar-refractivity contribution in [2.75, 3.05) is 0 Å². The van der Waals surface area contributed by atoms with Gasteiger partial charge < -0.3 is 10.2 Å². The summed E-state index contributed by atoms with van der Waals surface area (Å²) in [6.07, 6.45) is -1.06. The van der Waals surface area contributed by atoms with Crippen molar-refractivity contribution in [3.05, 3.63) is 21.3 Å². The molecule has 0 aliphatic rings. The summed E-state index contributed by atoms with van der Waals surface area (Å²) >= 11 is 7.14. The molecule has 12 heavy (non-hydrogen) atoms. The van der Waals surface area contributed by atoms with Crippen LogP contribution in [-0.4, -0.2) is 16.3 Å². The van der Waals surface area contributed by atoms with Gasteiger partial charge in [-0.05, 0) is 17.9 Å². The van der Waals surface area contributed by atoms with Gasteiger partial charge in [0.05, 0.1) is 10.4 Å².